The standard InChI is InChI=1S/C23H15ClO3S2/c1-29(25,26)27-15-12-10-14(11-13-15)20-16-6-2-3-7-17(16)22(24)23-21(20)18-8-4-5-9-19(18)28-23/h2-13H,1H3. The van der Waals surface area contributed by atoms with Gasteiger partial charge in [-0.3, -0.25) is 0 Å². The first-order valence-electron chi connectivity index (χ1n) is 8.94. The molecule has 6 heteroatoms. The third-order valence-corrected chi connectivity index (χ3v) is 7.06. The lowest BCUT2D eigenvalue weighted by Crippen LogP contribution is -2.05. The molecule has 0 N–H and O–H groups in total. The SMILES string of the molecule is CS(=O)(=O)Oc1ccc(-c2c3ccccc3c(Cl)c3sc4ccccc4c23)cc1. The van der Waals surface area contributed by atoms with Crippen molar-refractivity contribution in [2.45, 2.75) is 0 Å². The van der Waals surface area contributed by atoms with E-state index in [9.17, 15) is 8.42 Å². The lowest BCUT2D eigenvalue weighted by atomic mass is 9.93. The quantitative estimate of drug-likeness (QED) is 0.289. The van der Waals surface area contributed by atoms with E-state index in [-0.39, 0.29) is 0 Å². The minimum absolute atomic E-state index is 0.293. The van der Waals surface area contributed by atoms with Gasteiger partial charge in [0.05, 0.1) is 16.0 Å². The van der Waals surface area contributed by atoms with Gasteiger partial charge in [0.15, 0.2) is 0 Å². The van der Waals surface area contributed by atoms with Crippen molar-refractivity contribution in [2.75, 3.05) is 6.26 Å². The average molecular weight is 439 g/mol. The molecule has 5 aromatic rings. The number of rotatable bonds is 3. The van der Waals surface area contributed by atoms with Crippen molar-refractivity contribution in [1.29, 1.82) is 0 Å². The summed E-state index contributed by atoms with van der Waals surface area (Å²) in [7, 11) is -3.57. The third-order valence-electron chi connectivity index (χ3n) is 4.87. The molecule has 0 saturated carbocycles. The minimum Gasteiger partial charge on any atom is -0.383 e. The lowest BCUT2D eigenvalue weighted by Gasteiger charge is -2.12. The van der Waals surface area contributed by atoms with Crippen molar-refractivity contribution in [3.63, 3.8) is 0 Å². The van der Waals surface area contributed by atoms with Crippen LogP contribution >= 0.6 is 22.9 Å². The molecule has 0 aliphatic rings. The Morgan fingerprint density at radius 3 is 2.14 bits per heavy atom. The maximum absolute atomic E-state index is 11.4. The molecule has 0 fully saturated rings. The van der Waals surface area contributed by atoms with Crippen LogP contribution in [-0.4, -0.2) is 14.7 Å². The molecular weight excluding hydrogens is 424 g/mol. The van der Waals surface area contributed by atoms with Gasteiger partial charge in [-0.05, 0) is 34.7 Å². The van der Waals surface area contributed by atoms with Crippen LogP contribution in [0, 0.1) is 0 Å². The minimum atomic E-state index is -3.57. The van der Waals surface area contributed by atoms with E-state index in [0.717, 1.165) is 48.7 Å². The molecule has 4 aromatic carbocycles. The average Bonchev–Trinajstić information content (AvgIpc) is 3.08. The summed E-state index contributed by atoms with van der Waals surface area (Å²) in [5, 5.41) is 5.10. The number of halogens is 1. The summed E-state index contributed by atoms with van der Waals surface area (Å²) in [5.41, 5.74) is 2.07. The summed E-state index contributed by atoms with van der Waals surface area (Å²) in [5.74, 6) is 0.293. The summed E-state index contributed by atoms with van der Waals surface area (Å²) in [6.07, 6.45) is 1.04. The predicted octanol–water partition coefficient (Wildman–Crippen LogP) is 6.87. The molecule has 0 aliphatic carbocycles. The van der Waals surface area contributed by atoms with Crippen LogP contribution in [0.4, 0.5) is 0 Å². The molecule has 0 radical (unpaired) electrons. The second-order valence-electron chi connectivity index (χ2n) is 6.85. The Labute approximate surface area is 177 Å². The van der Waals surface area contributed by atoms with E-state index >= 15 is 0 Å². The van der Waals surface area contributed by atoms with Crippen molar-refractivity contribution in [3.05, 3.63) is 77.8 Å². The second-order valence-corrected chi connectivity index (χ2v) is 9.85. The zero-order valence-electron chi connectivity index (χ0n) is 15.3. The van der Waals surface area contributed by atoms with Gasteiger partial charge in [-0.1, -0.05) is 66.2 Å². The van der Waals surface area contributed by atoms with Gasteiger partial charge in [0.2, 0.25) is 0 Å². The van der Waals surface area contributed by atoms with Gasteiger partial charge >= 0.3 is 10.1 Å². The van der Waals surface area contributed by atoms with Gasteiger partial charge < -0.3 is 4.18 Å². The normalized spacial score (nSPS) is 12.1. The Morgan fingerprint density at radius 1 is 0.828 bits per heavy atom. The molecule has 0 aliphatic heterocycles. The van der Waals surface area contributed by atoms with Crippen molar-refractivity contribution in [1.82, 2.24) is 0 Å². The molecule has 29 heavy (non-hydrogen) atoms. The highest BCUT2D eigenvalue weighted by molar-refractivity contribution is 7.86. The van der Waals surface area contributed by atoms with E-state index < -0.39 is 10.1 Å². The Hall–Kier alpha value is -2.60. The van der Waals surface area contributed by atoms with Crippen molar-refractivity contribution >= 4 is 64.0 Å². The van der Waals surface area contributed by atoms with Gasteiger partial charge in [0, 0.05) is 20.9 Å². The van der Waals surface area contributed by atoms with Crippen LogP contribution in [0.3, 0.4) is 0 Å². The Morgan fingerprint density at radius 2 is 1.45 bits per heavy atom. The third kappa shape index (κ3) is 3.15. The molecule has 0 amide bonds. The van der Waals surface area contributed by atoms with Crippen LogP contribution < -0.4 is 4.18 Å². The van der Waals surface area contributed by atoms with E-state index in [1.165, 1.54) is 4.70 Å². The summed E-state index contributed by atoms with van der Waals surface area (Å²) in [6, 6.07) is 23.5. The van der Waals surface area contributed by atoms with Crippen LogP contribution in [0.5, 0.6) is 5.75 Å². The monoisotopic (exact) mass is 438 g/mol. The van der Waals surface area contributed by atoms with Gasteiger partial charge in [0.1, 0.15) is 5.75 Å². The maximum Gasteiger partial charge on any atom is 0.306 e. The topological polar surface area (TPSA) is 43.4 Å². The summed E-state index contributed by atoms with van der Waals surface area (Å²) in [4.78, 5) is 0. The fourth-order valence-corrected chi connectivity index (χ4v) is 5.75. The Kier molecular flexibility index (Phi) is 4.28. The van der Waals surface area contributed by atoms with Crippen molar-refractivity contribution < 1.29 is 12.6 Å². The highest BCUT2D eigenvalue weighted by Crippen LogP contribution is 2.48. The van der Waals surface area contributed by atoms with Crippen molar-refractivity contribution in [2.24, 2.45) is 0 Å². The molecule has 0 atom stereocenters. The van der Waals surface area contributed by atoms with Gasteiger partial charge in [-0.15, -0.1) is 11.3 Å². The summed E-state index contributed by atoms with van der Waals surface area (Å²) >= 11 is 8.51. The second kappa shape index (κ2) is 6.73. The van der Waals surface area contributed by atoms with Crippen molar-refractivity contribution in [3.8, 4) is 16.9 Å². The largest absolute Gasteiger partial charge is 0.383 e. The van der Waals surface area contributed by atoms with E-state index in [2.05, 4.69) is 18.2 Å². The van der Waals surface area contributed by atoms with E-state index in [1.807, 2.05) is 42.5 Å². The van der Waals surface area contributed by atoms with Gasteiger partial charge in [-0.2, -0.15) is 8.42 Å². The predicted molar refractivity (Wildman–Crippen MR) is 123 cm³/mol. The van der Waals surface area contributed by atoms with E-state index in [0.29, 0.717) is 5.75 Å². The molecule has 0 spiro atoms. The molecule has 0 unspecified atom stereocenters. The first-order valence-corrected chi connectivity index (χ1v) is 11.9. The van der Waals surface area contributed by atoms with Gasteiger partial charge in [-0.25, -0.2) is 0 Å². The number of benzene rings is 4. The fourth-order valence-electron chi connectivity index (χ4n) is 3.75. The molecule has 0 saturated heterocycles. The molecule has 5 rings (SSSR count). The number of fused-ring (bicyclic) bond motifs is 4. The highest BCUT2D eigenvalue weighted by atomic mass is 35.5. The molecule has 1 heterocycles. The summed E-state index contributed by atoms with van der Waals surface area (Å²) < 4.78 is 30.1. The van der Waals surface area contributed by atoms with Crippen LogP contribution in [-0.2, 0) is 10.1 Å². The van der Waals surface area contributed by atoms with Crippen LogP contribution in [0.25, 0.3) is 42.1 Å². The first-order chi connectivity index (χ1) is 13.9. The Bertz CT molecular complexity index is 1500. The highest BCUT2D eigenvalue weighted by Gasteiger charge is 2.18. The maximum atomic E-state index is 11.4. The molecule has 1 aromatic heterocycles. The molecule has 144 valence electrons. The smallest absolute Gasteiger partial charge is 0.306 e. The van der Waals surface area contributed by atoms with E-state index in [1.54, 1.807) is 23.5 Å². The molecular formula is C23H15ClO3S2. The Balaban J connectivity index is 1.87. The van der Waals surface area contributed by atoms with Crippen LogP contribution in [0.15, 0.2) is 72.8 Å². The zero-order valence-corrected chi connectivity index (χ0v) is 17.7. The lowest BCUT2D eigenvalue weighted by molar-refractivity contribution is 0.493. The number of thiophene rings is 1. The summed E-state index contributed by atoms with van der Waals surface area (Å²) in [6.45, 7) is 0. The fraction of sp³-hybridized carbons (Fsp3) is 0.0435. The van der Waals surface area contributed by atoms with Crippen LogP contribution in [0.1, 0.15) is 0 Å². The molecule has 0 bridgehead atoms. The number of hydrogen-bond acceptors (Lipinski definition) is 4. The number of hydrogen-bond donors (Lipinski definition) is 0. The zero-order chi connectivity index (χ0) is 20.2. The molecule has 3 nitrogen and oxygen atoms in total. The van der Waals surface area contributed by atoms with Crippen LogP contribution in [0.2, 0.25) is 5.02 Å². The van der Waals surface area contributed by atoms with E-state index in [4.69, 9.17) is 15.8 Å². The first kappa shape index (κ1) is 18.4. The van der Waals surface area contributed by atoms with Gasteiger partial charge in [0.25, 0.3) is 0 Å².